The van der Waals surface area contributed by atoms with E-state index in [2.05, 4.69) is 5.32 Å². The van der Waals surface area contributed by atoms with E-state index in [4.69, 9.17) is 27.9 Å². The highest BCUT2D eigenvalue weighted by atomic mass is 35.5. The summed E-state index contributed by atoms with van der Waals surface area (Å²) >= 11 is 11.7. The number of amides is 1. The van der Waals surface area contributed by atoms with Gasteiger partial charge in [0.25, 0.3) is 5.91 Å². The van der Waals surface area contributed by atoms with Gasteiger partial charge in [0.1, 0.15) is 0 Å². The summed E-state index contributed by atoms with van der Waals surface area (Å²) in [4.78, 5) is 34.9. The molecule has 2 aromatic carbocycles. The number of nitrogens with one attached hydrogen (secondary N) is 1. The zero-order valence-electron chi connectivity index (χ0n) is 12.6. The van der Waals surface area contributed by atoms with Gasteiger partial charge in [-0.05, 0) is 49.4 Å². The molecule has 1 amide bonds. The molecule has 2 aromatic rings. The van der Waals surface area contributed by atoms with E-state index in [1.165, 1.54) is 25.1 Å². The van der Waals surface area contributed by atoms with Crippen molar-refractivity contribution in [3.05, 3.63) is 63.6 Å². The largest absolute Gasteiger partial charge is 0.452 e. The number of carbonyl (C=O) groups excluding carboxylic acids is 3. The Hall–Kier alpha value is -2.37. The quantitative estimate of drug-likeness (QED) is 0.642. The van der Waals surface area contributed by atoms with Gasteiger partial charge in [-0.3, -0.25) is 9.59 Å². The van der Waals surface area contributed by atoms with Crippen molar-refractivity contribution >= 4 is 46.5 Å². The third-order valence-electron chi connectivity index (χ3n) is 3.06. The van der Waals surface area contributed by atoms with E-state index in [0.29, 0.717) is 16.3 Å². The summed E-state index contributed by atoms with van der Waals surface area (Å²) in [5, 5.41) is 3.07. The maximum absolute atomic E-state index is 11.9. The highest BCUT2D eigenvalue weighted by molar-refractivity contribution is 6.35. The average Bonchev–Trinajstić information content (AvgIpc) is 2.55. The summed E-state index contributed by atoms with van der Waals surface area (Å²) in [6, 6.07) is 10.7. The monoisotopic (exact) mass is 365 g/mol. The first kappa shape index (κ1) is 18.0. The van der Waals surface area contributed by atoms with Crippen LogP contribution in [0, 0.1) is 0 Å². The van der Waals surface area contributed by atoms with Crippen LogP contribution in [-0.2, 0) is 9.53 Å². The summed E-state index contributed by atoms with van der Waals surface area (Å²) in [6.07, 6.45) is 0. The molecule has 0 aliphatic rings. The van der Waals surface area contributed by atoms with Gasteiger partial charge < -0.3 is 10.1 Å². The molecule has 5 nitrogen and oxygen atoms in total. The predicted molar refractivity (Wildman–Crippen MR) is 91.8 cm³/mol. The number of rotatable bonds is 5. The van der Waals surface area contributed by atoms with Crippen LogP contribution < -0.4 is 5.32 Å². The van der Waals surface area contributed by atoms with E-state index in [9.17, 15) is 14.4 Å². The average molecular weight is 366 g/mol. The first-order chi connectivity index (χ1) is 11.4. The van der Waals surface area contributed by atoms with Gasteiger partial charge in [0.15, 0.2) is 12.4 Å². The number of ketones is 1. The molecule has 2 rings (SSSR count). The molecule has 0 aromatic heterocycles. The maximum Gasteiger partial charge on any atom is 0.340 e. The highest BCUT2D eigenvalue weighted by Crippen LogP contribution is 2.21. The minimum atomic E-state index is -0.746. The lowest BCUT2D eigenvalue weighted by Crippen LogP contribution is -2.21. The van der Waals surface area contributed by atoms with E-state index >= 15 is 0 Å². The molecule has 0 spiro atoms. The lowest BCUT2D eigenvalue weighted by Gasteiger charge is -2.08. The van der Waals surface area contributed by atoms with Crippen LogP contribution in [0.15, 0.2) is 42.5 Å². The number of esters is 1. The van der Waals surface area contributed by atoms with Crippen molar-refractivity contribution in [3.8, 4) is 0 Å². The van der Waals surface area contributed by atoms with E-state index < -0.39 is 18.5 Å². The van der Waals surface area contributed by atoms with E-state index in [1.54, 1.807) is 24.3 Å². The number of Topliss-reactive ketones (excluding diaryl/α,β-unsaturated/α-hetero) is 1. The molecule has 0 saturated heterocycles. The summed E-state index contributed by atoms with van der Waals surface area (Å²) in [5.41, 5.74) is 1.11. The topological polar surface area (TPSA) is 72.5 Å². The summed E-state index contributed by atoms with van der Waals surface area (Å²) in [7, 11) is 0. The van der Waals surface area contributed by atoms with Crippen LogP contribution in [0.25, 0.3) is 0 Å². The Bertz CT molecular complexity index is 788. The van der Waals surface area contributed by atoms with E-state index in [0.717, 1.165) is 0 Å². The van der Waals surface area contributed by atoms with Gasteiger partial charge >= 0.3 is 5.97 Å². The fraction of sp³-hybridized carbons (Fsp3) is 0.118. The number of anilines is 1. The molecule has 0 aliphatic heterocycles. The number of hydrogen-bond donors (Lipinski definition) is 1. The third kappa shape index (κ3) is 4.81. The Morgan fingerprint density at radius 2 is 1.71 bits per heavy atom. The number of halogens is 2. The van der Waals surface area contributed by atoms with Crippen LogP contribution in [0.1, 0.15) is 27.6 Å². The lowest BCUT2D eigenvalue weighted by molar-refractivity contribution is -0.119. The molecule has 0 saturated carbocycles. The second-order valence-corrected chi connectivity index (χ2v) is 5.73. The predicted octanol–water partition coefficient (Wildman–Crippen LogP) is 3.99. The molecule has 0 atom stereocenters. The SMILES string of the molecule is CC(=O)c1ccc(NC(=O)COC(=O)c2cc(Cl)ccc2Cl)cc1. The number of benzene rings is 2. The van der Waals surface area contributed by atoms with Gasteiger partial charge in [-0.25, -0.2) is 4.79 Å². The molecular weight excluding hydrogens is 353 g/mol. The normalized spacial score (nSPS) is 10.1. The minimum Gasteiger partial charge on any atom is -0.452 e. The van der Waals surface area contributed by atoms with Crippen LogP contribution >= 0.6 is 23.2 Å². The molecule has 0 fully saturated rings. The first-order valence-corrected chi connectivity index (χ1v) is 7.65. The van der Waals surface area contributed by atoms with Crippen LogP contribution in [0.2, 0.25) is 10.0 Å². The molecule has 0 heterocycles. The Kier molecular flexibility index (Phi) is 5.95. The van der Waals surface area contributed by atoms with Crippen LogP contribution in [0.5, 0.6) is 0 Å². The van der Waals surface area contributed by atoms with Crippen LogP contribution in [0.4, 0.5) is 5.69 Å². The molecule has 0 radical (unpaired) electrons. The Morgan fingerprint density at radius 3 is 2.33 bits per heavy atom. The number of ether oxygens (including phenoxy) is 1. The van der Waals surface area contributed by atoms with Gasteiger partial charge in [-0.15, -0.1) is 0 Å². The Morgan fingerprint density at radius 1 is 1.04 bits per heavy atom. The number of carbonyl (C=O) groups is 3. The molecule has 7 heteroatoms. The summed E-state index contributed by atoms with van der Waals surface area (Å²) in [5.74, 6) is -1.33. The maximum atomic E-state index is 11.9. The zero-order valence-corrected chi connectivity index (χ0v) is 14.1. The van der Waals surface area contributed by atoms with Crippen molar-refractivity contribution < 1.29 is 19.1 Å². The van der Waals surface area contributed by atoms with Crippen molar-refractivity contribution in [1.29, 1.82) is 0 Å². The Labute approximate surface area is 148 Å². The van der Waals surface area contributed by atoms with Crippen molar-refractivity contribution in [2.24, 2.45) is 0 Å². The minimum absolute atomic E-state index is 0.0693. The van der Waals surface area contributed by atoms with Gasteiger partial charge in [-0.1, -0.05) is 23.2 Å². The molecule has 124 valence electrons. The molecule has 1 N–H and O–H groups in total. The van der Waals surface area contributed by atoms with Gasteiger partial charge in [0.2, 0.25) is 0 Å². The van der Waals surface area contributed by atoms with Crippen molar-refractivity contribution in [2.45, 2.75) is 6.92 Å². The van der Waals surface area contributed by atoms with E-state index in [1.807, 2.05) is 0 Å². The van der Waals surface area contributed by atoms with E-state index in [-0.39, 0.29) is 16.4 Å². The lowest BCUT2D eigenvalue weighted by atomic mass is 10.1. The van der Waals surface area contributed by atoms with Gasteiger partial charge in [-0.2, -0.15) is 0 Å². The summed E-state index contributed by atoms with van der Waals surface area (Å²) < 4.78 is 4.91. The van der Waals surface area contributed by atoms with Gasteiger partial charge in [0.05, 0.1) is 10.6 Å². The molecular formula is C17H13Cl2NO4. The van der Waals surface area contributed by atoms with Crippen molar-refractivity contribution in [2.75, 3.05) is 11.9 Å². The van der Waals surface area contributed by atoms with Crippen molar-refractivity contribution in [3.63, 3.8) is 0 Å². The second-order valence-electron chi connectivity index (χ2n) is 4.88. The molecule has 0 unspecified atom stereocenters. The summed E-state index contributed by atoms with van der Waals surface area (Å²) in [6.45, 7) is 0.976. The smallest absolute Gasteiger partial charge is 0.340 e. The highest BCUT2D eigenvalue weighted by Gasteiger charge is 2.14. The zero-order chi connectivity index (χ0) is 17.7. The second kappa shape index (κ2) is 7.95. The third-order valence-corrected chi connectivity index (χ3v) is 3.62. The molecule has 0 aliphatic carbocycles. The van der Waals surface area contributed by atoms with Gasteiger partial charge in [0, 0.05) is 16.3 Å². The first-order valence-electron chi connectivity index (χ1n) is 6.90. The van der Waals surface area contributed by atoms with Crippen molar-refractivity contribution in [1.82, 2.24) is 0 Å². The standard InChI is InChI=1S/C17H13Cl2NO4/c1-10(21)11-2-5-13(6-3-11)20-16(22)9-24-17(23)14-8-12(18)4-7-15(14)19/h2-8H,9H2,1H3,(H,20,22). The molecule has 0 bridgehead atoms. The number of hydrogen-bond acceptors (Lipinski definition) is 4. The van der Waals surface area contributed by atoms with Crippen LogP contribution in [-0.4, -0.2) is 24.3 Å². The Balaban J connectivity index is 1.92. The fourth-order valence-corrected chi connectivity index (χ4v) is 2.21. The molecule has 24 heavy (non-hydrogen) atoms. The fourth-order valence-electron chi connectivity index (χ4n) is 1.85. The van der Waals surface area contributed by atoms with Crippen LogP contribution in [0.3, 0.4) is 0 Å².